The van der Waals surface area contributed by atoms with Crippen molar-refractivity contribution >= 4 is 17.5 Å². The van der Waals surface area contributed by atoms with Gasteiger partial charge in [0.25, 0.3) is 5.91 Å². The Bertz CT molecular complexity index is 776. The molecule has 142 valence electrons. The third-order valence-electron chi connectivity index (χ3n) is 4.79. The van der Waals surface area contributed by atoms with E-state index in [0.29, 0.717) is 12.0 Å². The Morgan fingerprint density at radius 2 is 1.70 bits per heavy atom. The van der Waals surface area contributed by atoms with E-state index in [-0.39, 0.29) is 11.8 Å². The average Bonchev–Trinajstić information content (AvgIpc) is 2.70. The fraction of sp³-hybridized carbons (Fsp3) is 0.364. The second-order valence-corrected chi connectivity index (χ2v) is 6.88. The molecule has 27 heavy (non-hydrogen) atoms. The molecule has 1 atom stereocenters. The first-order chi connectivity index (χ1) is 13.2. The zero-order chi connectivity index (χ0) is 19.1. The zero-order valence-electron chi connectivity index (χ0n) is 15.8. The fourth-order valence-electron chi connectivity index (χ4n) is 3.32. The lowest BCUT2D eigenvalue weighted by Gasteiger charge is -2.37. The van der Waals surface area contributed by atoms with Gasteiger partial charge in [-0.2, -0.15) is 0 Å². The quantitative estimate of drug-likeness (QED) is 0.670. The Hall–Kier alpha value is -2.82. The van der Waals surface area contributed by atoms with E-state index in [1.165, 1.54) is 17.9 Å². The summed E-state index contributed by atoms with van der Waals surface area (Å²) in [5.41, 5.74) is 5.09. The van der Waals surface area contributed by atoms with Crippen LogP contribution in [0.3, 0.4) is 0 Å². The molecule has 5 heteroatoms. The van der Waals surface area contributed by atoms with Crippen LogP contribution in [0.15, 0.2) is 54.6 Å². The number of hydrogen-bond donors (Lipinski definition) is 2. The van der Waals surface area contributed by atoms with Crippen molar-refractivity contribution in [3.63, 3.8) is 0 Å². The normalized spacial score (nSPS) is 15.8. The van der Waals surface area contributed by atoms with Crippen molar-refractivity contribution in [2.75, 3.05) is 5.32 Å². The van der Waals surface area contributed by atoms with Crippen molar-refractivity contribution in [1.82, 2.24) is 10.4 Å². The predicted molar refractivity (Wildman–Crippen MR) is 107 cm³/mol. The number of carbonyl (C=O) groups excluding carboxylic acids is 2. The summed E-state index contributed by atoms with van der Waals surface area (Å²) in [6, 6.07) is 17.1. The molecular weight excluding hydrogens is 338 g/mol. The lowest BCUT2D eigenvalue weighted by Crippen LogP contribution is -2.52. The second kappa shape index (κ2) is 9.21. The second-order valence-electron chi connectivity index (χ2n) is 6.88. The van der Waals surface area contributed by atoms with Gasteiger partial charge < -0.3 is 5.32 Å². The molecule has 2 aromatic carbocycles. The topological polar surface area (TPSA) is 61.4 Å². The maximum atomic E-state index is 13.0. The molecule has 2 amide bonds. The van der Waals surface area contributed by atoms with Gasteiger partial charge >= 0.3 is 0 Å². The number of nitrogens with zero attached hydrogens (tertiary/aromatic N) is 1. The summed E-state index contributed by atoms with van der Waals surface area (Å²) < 4.78 is 0. The van der Waals surface area contributed by atoms with Gasteiger partial charge in [0.1, 0.15) is 6.17 Å². The van der Waals surface area contributed by atoms with Gasteiger partial charge in [0.05, 0.1) is 5.56 Å². The first-order valence-electron chi connectivity index (χ1n) is 9.74. The Morgan fingerprint density at radius 1 is 1.00 bits per heavy atom. The number of nitrogens with one attached hydrogen (secondary N) is 2. The van der Waals surface area contributed by atoms with Gasteiger partial charge in [-0.05, 0) is 24.1 Å². The summed E-state index contributed by atoms with van der Waals surface area (Å²) in [6.07, 6.45) is 5.40. The van der Waals surface area contributed by atoms with E-state index in [1.807, 2.05) is 48.5 Å². The first-order valence-corrected chi connectivity index (χ1v) is 9.74. The summed E-state index contributed by atoms with van der Waals surface area (Å²) in [7, 11) is 0. The molecular formula is C22H27N3O2. The summed E-state index contributed by atoms with van der Waals surface area (Å²) in [4.78, 5) is 25.5. The highest BCUT2D eigenvalue weighted by Crippen LogP contribution is 2.31. The molecule has 0 radical (unpaired) electrons. The minimum atomic E-state index is -0.433. The Labute approximate surface area is 160 Å². The average molecular weight is 365 g/mol. The molecule has 0 spiro atoms. The number of fused-ring (bicyclic) bond motifs is 1. The van der Waals surface area contributed by atoms with E-state index < -0.39 is 6.17 Å². The molecule has 0 aliphatic carbocycles. The molecule has 5 nitrogen and oxygen atoms in total. The number of hydrogen-bond acceptors (Lipinski definition) is 3. The largest absolute Gasteiger partial charge is 0.359 e. The van der Waals surface area contributed by atoms with Crippen molar-refractivity contribution in [2.45, 2.75) is 51.6 Å². The predicted octanol–water partition coefficient (Wildman–Crippen LogP) is 4.64. The molecule has 0 aromatic heterocycles. The van der Waals surface area contributed by atoms with Crippen molar-refractivity contribution in [2.24, 2.45) is 0 Å². The highest BCUT2D eigenvalue weighted by molar-refractivity contribution is 6.02. The SMILES string of the molecule is CCCCCCCC(=O)NN1C(=O)c2ccccc2NC1c1ccccc1. The van der Waals surface area contributed by atoms with Crippen LogP contribution in [-0.2, 0) is 4.79 Å². The maximum absolute atomic E-state index is 13.0. The van der Waals surface area contributed by atoms with Gasteiger partial charge in [-0.1, -0.05) is 75.1 Å². The van der Waals surface area contributed by atoms with Crippen LogP contribution in [0.5, 0.6) is 0 Å². The van der Waals surface area contributed by atoms with Crippen molar-refractivity contribution < 1.29 is 9.59 Å². The number of para-hydroxylation sites is 1. The molecule has 0 saturated heterocycles. The van der Waals surface area contributed by atoms with Crippen LogP contribution in [0, 0.1) is 0 Å². The molecule has 1 aliphatic rings. The standard InChI is InChI=1S/C22H27N3O2/c1-2-3-4-5-9-16-20(26)24-25-21(17-12-7-6-8-13-17)23-19-15-11-10-14-18(19)22(25)27/h6-8,10-15,21,23H,2-5,9,16H2,1H3,(H,24,26). The summed E-state index contributed by atoms with van der Waals surface area (Å²) in [6.45, 7) is 2.17. The smallest absolute Gasteiger partial charge is 0.276 e. The van der Waals surface area contributed by atoms with E-state index in [0.717, 1.165) is 30.5 Å². The van der Waals surface area contributed by atoms with E-state index in [4.69, 9.17) is 0 Å². The van der Waals surface area contributed by atoms with E-state index >= 15 is 0 Å². The monoisotopic (exact) mass is 365 g/mol. The number of hydrazine groups is 1. The molecule has 3 rings (SSSR count). The number of benzene rings is 2. The van der Waals surface area contributed by atoms with Crippen LogP contribution in [0.4, 0.5) is 5.69 Å². The van der Waals surface area contributed by atoms with Crippen molar-refractivity contribution in [3.8, 4) is 0 Å². The van der Waals surface area contributed by atoms with Gasteiger partial charge in [-0.3, -0.25) is 15.0 Å². The highest BCUT2D eigenvalue weighted by Gasteiger charge is 2.33. The van der Waals surface area contributed by atoms with Crippen LogP contribution < -0.4 is 10.7 Å². The van der Waals surface area contributed by atoms with Crippen LogP contribution in [0.1, 0.15) is 67.5 Å². The molecule has 2 N–H and O–H groups in total. The van der Waals surface area contributed by atoms with E-state index in [1.54, 1.807) is 6.07 Å². The number of rotatable bonds is 8. The molecule has 1 heterocycles. The first kappa shape index (κ1) is 19.0. The van der Waals surface area contributed by atoms with Gasteiger partial charge in [-0.25, -0.2) is 5.01 Å². The third kappa shape index (κ3) is 4.67. The van der Waals surface area contributed by atoms with Gasteiger partial charge in [-0.15, -0.1) is 0 Å². The van der Waals surface area contributed by atoms with Crippen LogP contribution >= 0.6 is 0 Å². The molecule has 0 saturated carbocycles. The summed E-state index contributed by atoms with van der Waals surface area (Å²) >= 11 is 0. The van der Waals surface area contributed by atoms with E-state index in [2.05, 4.69) is 17.7 Å². The minimum Gasteiger partial charge on any atom is -0.359 e. The lowest BCUT2D eigenvalue weighted by atomic mass is 10.0. The molecule has 0 fully saturated rings. The number of carbonyl (C=O) groups is 2. The van der Waals surface area contributed by atoms with Crippen molar-refractivity contribution in [1.29, 1.82) is 0 Å². The number of anilines is 1. The van der Waals surface area contributed by atoms with Crippen LogP contribution in [0.2, 0.25) is 0 Å². The van der Waals surface area contributed by atoms with Crippen LogP contribution in [-0.4, -0.2) is 16.8 Å². The van der Waals surface area contributed by atoms with Crippen molar-refractivity contribution in [3.05, 3.63) is 65.7 Å². The lowest BCUT2D eigenvalue weighted by molar-refractivity contribution is -0.125. The Kier molecular flexibility index (Phi) is 6.47. The molecule has 1 aliphatic heterocycles. The Morgan fingerprint density at radius 3 is 2.48 bits per heavy atom. The van der Waals surface area contributed by atoms with Crippen LogP contribution in [0.25, 0.3) is 0 Å². The Balaban J connectivity index is 1.73. The summed E-state index contributed by atoms with van der Waals surface area (Å²) in [5.74, 6) is -0.320. The van der Waals surface area contributed by atoms with E-state index in [9.17, 15) is 9.59 Å². The molecule has 0 bridgehead atoms. The van der Waals surface area contributed by atoms with Gasteiger partial charge in [0.15, 0.2) is 0 Å². The minimum absolute atomic E-state index is 0.123. The summed E-state index contributed by atoms with van der Waals surface area (Å²) in [5, 5.41) is 4.80. The fourth-order valence-corrected chi connectivity index (χ4v) is 3.32. The maximum Gasteiger partial charge on any atom is 0.276 e. The van der Waals surface area contributed by atoms with Gasteiger partial charge in [0, 0.05) is 12.1 Å². The third-order valence-corrected chi connectivity index (χ3v) is 4.79. The highest BCUT2D eigenvalue weighted by atomic mass is 16.2. The number of unbranched alkanes of at least 4 members (excludes halogenated alkanes) is 4. The molecule has 2 aromatic rings. The number of amides is 2. The zero-order valence-corrected chi connectivity index (χ0v) is 15.8. The molecule has 1 unspecified atom stereocenters. The van der Waals surface area contributed by atoms with Gasteiger partial charge in [0.2, 0.25) is 5.91 Å².